The highest BCUT2D eigenvalue weighted by Crippen LogP contribution is 2.25. The molecule has 2 aromatic carbocycles. The van der Waals surface area contributed by atoms with Gasteiger partial charge in [-0.1, -0.05) is 18.2 Å². The van der Waals surface area contributed by atoms with Crippen LogP contribution in [0.4, 0.5) is 11.4 Å². The lowest BCUT2D eigenvalue weighted by atomic mass is 10.0. The summed E-state index contributed by atoms with van der Waals surface area (Å²) >= 11 is 0. The first-order valence-corrected chi connectivity index (χ1v) is 5.54. The van der Waals surface area contributed by atoms with Gasteiger partial charge in [-0.15, -0.1) is 0 Å². The lowest BCUT2D eigenvalue weighted by Crippen LogP contribution is -1.96. The van der Waals surface area contributed by atoms with Gasteiger partial charge in [0.25, 0.3) is 0 Å². The zero-order chi connectivity index (χ0) is 12.3. The standard InChI is InChI=1S/C15H14N2/c1-11-8-13(10-16)9-12(2)15(11)17-14-6-4-3-5-7-14/h3-9,17H,1-2H3. The molecule has 0 saturated heterocycles. The van der Waals surface area contributed by atoms with Gasteiger partial charge in [-0.2, -0.15) is 5.26 Å². The molecular formula is C15H14N2. The first-order valence-electron chi connectivity index (χ1n) is 5.54. The molecule has 17 heavy (non-hydrogen) atoms. The molecule has 0 unspecified atom stereocenters. The predicted octanol–water partition coefficient (Wildman–Crippen LogP) is 3.92. The van der Waals surface area contributed by atoms with Crippen molar-refractivity contribution in [2.24, 2.45) is 0 Å². The third-order valence-electron chi connectivity index (χ3n) is 2.70. The minimum absolute atomic E-state index is 0.707. The lowest BCUT2D eigenvalue weighted by molar-refractivity contribution is 1.34. The summed E-state index contributed by atoms with van der Waals surface area (Å²) in [6, 6.07) is 16.0. The average molecular weight is 222 g/mol. The van der Waals surface area contributed by atoms with Crippen molar-refractivity contribution in [2.75, 3.05) is 5.32 Å². The molecule has 0 aromatic heterocycles. The van der Waals surface area contributed by atoms with E-state index in [4.69, 9.17) is 5.26 Å². The molecule has 0 fully saturated rings. The van der Waals surface area contributed by atoms with Crippen LogP contribution in [0.5, 0.6) is 0 Å². The van der Waals surface area contributed by atoms with Crippen LogP contribution in [0.3, 0.4) is 0 Å². The van der Waals surface area contributed by atoms with Crippen molar-refractivity contribution in [2.45, 2.75) is 13.8 Å². The molecule has 2 nitrogen and oxygen atoms in total. The number of hydrogen-bond acceptors (Lipinski definition) is 2. The van der Waals surface area contributed by atoms with Gasteiger partial charge in [-0.25, -0.2) is 0 Å². The monoisotopic (exact) mass is 222 g/mol. The summed E-state index contributed by atoms with van der Waals surface area (Å²) < 4.78 is 0. The summed E-state index contributed by atoms with van der Waals surface area (Å²) in [5, 5.41) is 12.3. The Labute approximate surface area is 102 Å². The number of anilines is 2. The van der Waals surface area contributed by atoms with Crippen molar-refractivity contribution in [1.82, 2.24) is 0 Å². The third kappa shape index (κ3) is 2.46. The predicted molar refractivity (Wildman–Crippen MR) is 70.4 cm³/mol. The van der Waals surface area contributed by atoms with Gasteiger partial charge in [-0.3, -0.25) is 0 Å². The molecule has 0 aliphatic rings. The fraction of sp³-hybridized carbons (Fsp3) is 0.133. The Kier molecular flexibility index (Phi) is 3.11. The maximum absolute atomic E-state index is 8.90. The molecule has 0 saturated carbocycles. The zero-order valence-electron chi connectivity index (χ0n) is 9.99. The largest absolute Gasteiger partial charge is 0.355 e. The quantitative estimate of drug-likeness (QED) is 0.836. The Bertz CT molecular complexity index is 542. The number of para-hydroxylation sites is 1. The van der Waals surface area contributed by atoms with E-state index in [1.54, 1.807) is 0 Å². The zero-order valence-corrected chi connectivity index (χ0v) is 9.99. The van der Waals surface area contributed by atoms with Crippen molar-refractivity contribution in [1.29, 1.82) is 5.26 Å². The van der Waals surface area contributed by atoms with Gasteiger partial charge in [0.1, 0.15) is 0 Å². The van der Waals surface area contributed by atoms with Crippen molar-refractivity contribution in [3.05, 3.63) is 59.2 Å². The summed E-state index contributed by atoms with van der Waals surface area (Å²) in [6.07, 6.45) is 0. The Balaban J connectivity index is 2.38. The second-order valence-electron chi connectivity index (χ2n) is 4.09. The van der Waals surface area contributed by atoms with Gasteiger partial charge in [0.05, 0.1) is 11.6 Å². The molecular weight excluding hydrogens is 208 g/mol. The maximum atomic E-state index is 8.90. The van der Waals surface area contributed by atoms with Crippen LogP contribution in [0.2, 0.25) is 0 Å². The van der Waals surface area contributed by atoms with Gasteiger partial charge in [0.15, 0.2) is 0 Å². The molecule has 2 heteroatoms. The normalized spacial score (nSPS) is 9.71. The number of rotatable bonds is 2. The maximum Gasteiger partial charge on any atom is 0.0991 e. The molecule has 2 aromatic rings. The van der Waals surface area contributed by atoms with Crippen LogP contribution >= 0.6 is 0 Å². The van der Waals surface area contributed by atoms with Crippen molar-refractivity contribution in [3.63, 3.8) is 0 Å². The average Bonchev–Trinajstić information content (AvgIpc) is 2.35. The summed E-state index contributed by atoms with van der Waals surface area (Å²) in [7, 11) is 0. The number of nitrogens with one attached hydrogen (secondary N) is 1. The van der Waals surface area contributed by atoms with E-state index in [0.29, 0.717) is 5.56 Å². The van der Waals surface area contributed by atoms with E-state index >= 15 is 0 Å². The fourth-order valence-electron chi connectivity index (χ4n) is 1.89. The SMILES string of the molecule is Cc1cc(C#N)cc(C)c1Nc1ccccc1. The second-order valence-corrected chi connectivity index (χ2v) is 4.09. The van der Waals surface area contributed by atoms with Gasteiger partial charge in [-0.05, 0) is 49.2 Å². The van der Waals surface area contributed by atoms with Crippen molar-refractivity contribution >= 4 is 11.4 Å². The molecule has 0 spiro atoms. The number of hydrogen-bond donors (Lipinski definition) is 1. The van der Waals surface area contributed by atoms with Crippen LogP contribution in [0.1, 0.15) is 16.7 Å². The smallest absolute Gasteiger partial charge is 0.0991 e. The van der Waals surface area contributed by atoms with Gasteiger partial charge in [0.2, 0.25) is 0 Å². The summed E-state index contributed by atoms with van der Waals surface area (Å²) in [5.74, 6) is 0. The molecule has 0 bridgehead atoms. The summed E-state index contributed by atoms with van der Waals surface area (Å²) in [5.41, 5.74) is 5.02. The van der Waals surface area contributed by atoms with Gasteiger partial charge in [0, 0.05) is 11.4 Å². The molecule has 1 N–H and O–H groups in total. The molecule has 0 amide bonds. The van der Waals surface area contributed by atoms with E-state index in [0.717, 1.165) is 22.5 Å². The van der Waals surface area contributed by atoms with Crippen molar-refractivity contribution in [3.8, 4) is 6.07 Å². The summed E-state index contributed by atoms with van der Waals surface area (Å²) in [6.45, 7) is 4.03. The van der Waals surface area contributed by atoms with Crippen LogP contribution in [0.25, 0.3) is 0 Å². The summed E-state index contributed by atoms with van der Waals surface area (Å²) in [4.78, 5) is 0. The van der Waals surface area contributed by atoms with Crippen LogP contribution in [0.15, 0.2) is 42.5 Å². The van der Waals surface area contributed by atoms with E-state index in [-0.39, 0.29) is 0 Å². The van der Waals surface area contributed by atoms with E-state index in [1.807, 2.05) is 56.3 Å². The lowest BCUT2D eigenvalue weighted by Gasteiger charge is -2.13. The highest BCUT2D eigenvalue weighted by Gasteiger charge is 2.05. The van der Waals surface area contributed by atoms with Crippen LogP contribution < -0.4 is 5.32 Å². The van der Waals surface area contributed by atoms with E-state index in [1.165, 1.54) is 0 Å². The third-order valence-corrected chi connectivity index (χ3v) is 2.70. The topological polar surface area (TPSA) is 35.8 Å². The van der Waals surface area contributed by atoms with E-state index in [9.17, 15) is 0 Å². The van der Waals surface area contributed by atoms with Gasteiger partial charge < -0.3 is 5.32 Å². The Morgan fingerprint density at radius 1 is 1.00 bits per heavy atom. The Morgan fingerprint density at radius 3 is 2.12 bits per heavy atom. The highest BCUT2D eigenvalue weighted by molar-refractivity contribution is 5.67. The molecule has 0 aliphatic heterocycles. The Hall–Kier alpha value is -2.27. The second kappa shape index (κ2) is 4.71. The van der Waals surface area contributed by atoms with Crippen LogP contribution in [-0.2, 0) is 0 Å². The Morgan fingerprint density at radius 2 is 1.59 bits per heavy atom. The molecule has 0 heterocycles. The number of aryl methyl sites for hydroxylation is 2. The number of nitrogens with zero attached hydrogens (tertiary/aromatic N) is 1. The molecule has 0 radical (unpaired) electrons. The minimum Gasteiger partial charge on any atom is -0.355 e. The van der Waals surface area contributed by atoms with E-state index in [2.05, 4.69) is 11.4 Å². The molecule has 2 rings (SSSR count). The van der Waals surface area contributed by atoms with Crippen molar-refractivity contribution < 1.29 is 0 Å². The first kappa shape index (κ1) is 11.2. The number of nitriles is 1. The highest BCUT2D eigenvalue weighted by atomic mass is 14.9. The van der Waals surface area contributed by atoms with Gasteiger partial charge >= 0.3 is 0 Å². The first-order chi connectivity index (χ1) is 8.20. The van der Waals surface area contributed by atoms with E-state index < -0.39 is 0 Å². The molecule has 0 atom stereocenters. The van der Waals surface area contributed by atoms with Crippen LogP contribution in [-0.4, -0.2) is 0 Å². The molecule has 0 aliphatic carbocycles. The minimum atomic E-state index is 0.707. The fourth-order valence-corrected chi connectivity index (χ4v) is 1.89. The number of benzene rings is 2. The van der Waals surface area contributed by atoms with Crippen LogP contribution in [0, 0.1) is 25.2 Å². The molecule has 84 valence electrons.